The lowest BCUT2D eigenvalue weighted by Gasteiger charge is -2.18. The van der Waals surface area contributed by atoms with Crippen molar-refractivity contribution in [2.45, 2.75) is 35.9 Å². The molecule has 0 heterocycles. The Balaban J connectivity index is 3.56. The van der Waals surface area contributed by atoms with Gasteiger partial charge in [-0.25, -0.2) is 0 Å². The molecule has 10 heavy (non-hydrogen) atoms. The van der Waals surface area contributed by atoms with E-state index in [0.29, 0.717) is 6.42 Å². The highest BCUT2D eigenvalue weighted by molar-refractivity contribution is 6.76. The molecule has 0 nitrogen and oxygen atoms in total. The zero-order chi connectivity index (χ0) is 8.41. The summed E-state index contributed by atoms with van der Waals surface area (Å²) in [6, 6.07) is 1.07. The summed E-state index contributed by atoms with van der Waals surface area (Å²) in [7, 11) is -1.02. The first-order valence-corrected chi connectivity index (χ1v) is 8.12. The molecular weight excluding hydrogens is 207 g/mol. The van der Waals surface area contributed by atoms with E-state index in [2.05, 4.69) is 19.6 Å². The maximum atomic E-state index is 5.59. The van der Waals surface area contributed by atoms with Crippen LogP contribution in [0.25, 0.3) is 0 Å². The monoisotopic (exact) mass is 218 g/mol. The van der Waals surface area contributed by atoms with Crippen molar-refractivity contribution in [3.8, 4) is 0 Å². The Bertz CT molecular complexity index is 86.5. The summed E-state index contributed by atoms with van der Waals surface area (Å²) >= 11 is 16.8. The normalized spacial score (nSPS) is 13.8. The van der Waals surface area contributed by atoms with Gasteiger partial charge in [-0.3, -0.25) is 0 Å². The van der Waals surface area contributed by atoms with Crippen LogP contribution < -0.4 is 0 Å². The summed E-state index contributed by atoms with van der Waals surface area (Å²) in [5.41, 5.74) is 0. The highest BCUT2D eigenvalue weighted by atomic mass is 35.6. The Hall–Kier alpha value is 1.09. The van der Waals surface area contributed by atoms with Gasteiger partial charge >= 0.3 is 0 Å². The van der Waals surface area contributed by atoms with Gasteiger partial charge in [0.2, 0.25) is 0 Å². The lowest BCUT2D eigenvalue weighted by atomic mass is 10.6. The van der Waals surface area contributed by atoms with Crippen LogP contribution in [0.15, 0.2) is 0 Å². The Kier molecular flexibility index (Phi) is 4.06. The molecular formula is C6H13Cl3Si. The summed E-state index contributed by atoms with van der Waals surface area (Å²) in [5.74, 6) is 0. The van der Waals surface area contributed by atoms with Crippen LogP contribution in [0.3, 0.4) is 0 Å². The lowest BCUT2D eigenvalue weighted by molar-refractivity contribution is 0.948. The van der Waals surface area contributed by atoms with E-state index in [4.69, 9.17) is 34.8 Å². The van der Waals surface area contributed by atoms with Gasteiger partial charge in [0.15, 0.2) is 3.79 Å². The van der Waals surface area contributed by atoms with Gasteiger partial charge in [-0.2, -0.15) is 0 Å². The SMILES string of the molecule is C[Si](C)(C)CCC(Cl)(Cl)Cl. The van der Waals surface area contributed by atoms with Crippen LogP contribution >= 0.6 is 34.8 Å². The zero-order valence-electron chi connectivity index (χ0n) is 6.55. The molecule has 0 rings (SSSR count). The molecule has 0 bridgehead atoms. The standard InChI is InChI=1S/C6H13Cl3Si/c1-10(2,3)5-4-6(7,8)9/h4-5H2,1-3H3. The minimum Gasteiger partial charge on any atom is -0.0837 e. The Morgan fingerprint density at radius 2 is 1.50 bits per heavy atom. The van der Waals surface area contributed by atoms with Gasteiger partial charge in [0.05, 0.1) is 0 Å². The molecule has 0 spiro atoms. The van der Waals surface area contributed by atoms with Crippen LogP contribution in [-0.4, -0.2) is 11.9 Å². The summed E-state index contributed by atoms with van der Waals surface area (Å²) < 4.78 is -1.04. The van der Waals surface area contributed by atoms with Crippen LogP contribution in [0, 0.1) is 0 Å². The van der Waals surface area contributed by atoms with Crippen molar-refractivity contribution in [1.82, 2.24) is 0 Å². The van der Waals surface area contributed by atoms with Crippen molar-refractivity contribution in [2.75, 3.05) is 0 Å². The summed E-state index contributed by atoms with van der Waals surface area (Å²) in [5, 5.41) is 0. The third-order valence-corrected chi connectivity index (χ3v) is 3.48. The molecule has 0 aromatic heterocycles. The van der Waals surface area contributed by atoms with Crippen LogP contribution in [-0.2, 0) is 0 Å². The summed E-state index contributed by atoms with van der Waals surface area (Å²) in [6.45, 7) is 6.80. The number of hydrogen-bond acceptors (Lipinski definition) is 0. The Morgan fingerprint density at radius 3 is 1.60 bits per heavy atom. The molecule has 0 amide bonds. The van der Waals surface area contributed by atoms with Gasteiger partial charge in [0.25, 0.3) is 0 Å². The molecule has 0 saturated heterocycles. The van der Waals surface area contributed by atoms with Crippen molar-refractivity contribution in [1.29, 1.82) is 0 Å². The smallest absolute Gasteiger partial charge is 0.0837 e. The molecule has 0 aromatic carbocycles. The Labute approximate surface area is 78.9 Å². The van der Waals surface area contributed by atoms with Crippen molar-refractivity contribution in [3.05, 3.63) is 0 Å². The van der Waals surface area contributed by atoms with Crippen molar-refractivity contribution < 1.29 is 0 Å². The molecule has 0 aliphatic carbocycles. The van der Waals surface area contributed by atoms with Crippen molar-refractivity contribution >= 4 is 42.9 Å². The first-order chi connectivity index (χ1) is 4.21. The molecule has 0 N–H and O–H groups in total. The van der Waals surface area contributed by atoms with Crippen LogP contribution in [0.1, 0.15) is 6.42 Å². The molecule has 4 heteroatoms. The highest BCUT2D eigenvalue weighted by Crippen LogP contribution is 2.33. The van der Waals surface area contributed by atoms with Crippen molar-refractivity contribution in [2.24, 2.45) is 0 Å². The third-order valence-electron chi connectivity index (χ3n) is 1.16. The third kappa shape index (κ3) is 9.09. The predicted molar refractivity (Wildman–Crippen MR) is 53.1 cm³/mol. The molecule has 62 valence electrons. The van der Waals surface area contributed by atoms with Crippen LogP contribution in [0.4, 0.5) is 0 Å². The second-order valence-corrected chi connectivity index (χ2v) is 11.8. The molecule has 0 aromatic rings. The van der Waals surface area contributed by atoms with E-state index in [0.717, 1.165) is 6.04 Å². The second-order valence-electron chi connectivity index (χ2n) is 3.68. The summed E-state index contributed by atoms with van der Waals surface area (Å²) in [6.07, 6.45) is 0.688. The van der Waals surface area contributed by atoms with E-state index in [-0.39, 0.29) is 0 Å². The quantitative estimate of drug-likeness (QED) is 0.485. The fourth-order valence-corrected chi connectivity index (χ4v) is 2.40. The van der Waals surface area contributed by atoms with E-state index in [1.54, 1.807) is 0 Å². The van der Waals surface area contributed by atoms with Gasteiger partial charge in [-0.1, -0.05) is 60.5 Å². The average Bonchev–Trinajstić information content (AvgIpc) is 1.57. The number of rotatable bonds is 2. The first kappa shape index (κ1) is 11.1. The van der Waals surface area contributed by atoms with E-state index in [9.17, 15) is 0 Å². The molecule has 0 unspecified atom stereocenters. The number of hydrogen-bond donors (Lipinski definition) is 0. The maximum Gasteiger partial charge on any atom is 0.190 e. The fraction of sp³-hybridized carbons (Fsp3) is 1.00. The average molecular weight is 220 g/mol. The Morgan fingerprint density at radius 1 is 1.10 bits per heavy atom. The number of alkyl halides is 3. The fourth-order valence-electron chi connectivity index (χ4n) is 0.517. The minimum absolute atomic E-state index is 0.688. The minimum atomic E-state index is -1.04. The van der Waals surface area contributed by atoms with Gasteiger partial charge < -0.3 is 0 Å². The van der Waals surface area contributed by atoms with Gasteiger partial charge in [0, 0.05) is 8.07 Å². The zero-order valence-corrected chi connectivity index (χ0v) is 9.82. The van der Waals surface area contributed by atoms with E-state index >= 15 is 0 Å². The van der Waals surface area contributed by atoms with E-state index in [1.807, 2.05) is 0 Å². The van der Waals surface area contributed by atoms with Gasteiger partial charge in [-0.15, -0.1) is 0 Å². The first-order valence-electron chi connectivity index (χ1n) is 3.27. The highest BCUT2D eigenvalue weighted by Gasteiger charge is 2.23. The molecule has 0 aliphatic heterocycles. The van der Waals surface area contributed by atoms with Gasteiger partial charge in [0.1, 0.15) is 0 Å². The molecule has 0 saturated carbocycles. The largest absolute Gasteiger partial charge is 0.190 e. The number of halogens is 3. The molecule has 0 aliphatic rings. The van der Waals surface area contributed by atoms with E-state index < -0.39 is 11.9 Å². The van der Waals surface area contributed by atoms with Crippen LogP contribution in [0.2, 0.25) is 25.7 Å². The second kappa shape index (κ2) is 3.66. The summed E-state index contributed by atoms with van der Waals surface area (Å²) in [4.78, 5) is 0. The van der Waals surface area contributed by atoms with Gasteiger partial charge in [-0.05, 0) is 6.42 Å². The topological polar surface area (TPSA) is 0 Å². The van der Waals surface area contributed by atoms with E-state index in [1.165, 1.54) is 0 Å². The maximum absolute atomic E-state index is 5.59. The molecule has 0 fully saturated rings. The van der Waals surface area contributed by atoms with Crippen LogP contribution in [0.5, 0.6) is 0 Å². The molecule has 0 atom stereocenters. The lowest BCUT2D eigenvalue weighted by Crippen LogP contribution is -2.21. The molecule has 0 radical (unpaired) electrons. The van der Waals surface area contributed by atoms with Crippen molar-refractivity contribution in [3.63, 3.8) is 0 Å². The predicted octanol–water partition coefficient (Wildman–Crippen LogP) is 4.08.